The van der Waals surface area contributed by atoms with Gasteiger partial charge in [-0.15, -0.1) is 0 Å². The standard InChI is InChI=1S/C19H17ClFN3O3/c1-26-14-7-13(8-15(9-14)27-2)19(25)22-18-16(20)11-24(23-18)10-12-5-3-4-6-17(12)21/h3-9,11H,10H2,1-2H3,(H,22,23,25). The zero-order valence-corrected chi connectivity index (χ0v) is 15.5. The SMILES string of the molecule is COc1cc(OC)cc(C(=O)Nc2nn(Cc3ccccc3F)cc2Cl)c1. The normalized spacial score (nSPS) is 10.5. The maximum absolute atomic E-state index is 13.8. The average molecular weight is 390 g/mol. The van der Waals surface area contributed by atoms with Crippen molar-refractivity contribution >= 4 is 23.3 Å². The van der Waals surface area contributed by atoms with Gasteiger partial charge in [-0.05, 0) is 18.2 Å². The summed E-state index contributed by atoms with van der Waals surface area (Å²) in [5.41, 5.74) is 0.790. The quantitative estimate of drug-likeness (QED) is 0.692. The molecule has 0 aliphatic heterocycles. The van der Waals surface area contributed by atoms with Gasteiger partial charge in [-0.2, -0.15) is 5.10 Å². The van der Waals surface area contributed by atoms with E-state index in [0.29, 0.717) is 22.6 Å². The minimum Gasteiger partial charge on any atom is -0.497 e. The first-order valence-electron chi connectivity index (χ1n) is 8.01. The smallest absolute Gasteiger partial charge is 0.257 e. The Labute approximate surface area is 160 Å². The van der Waals surface area contributed by atoms with Gasteiger partial charge in [0.05, 0.1) is 20.8 Å². The summed E-state index contributed by atoms with van der Waals surface area (Å²) in [5, 5.41) is 7.11. The Balaban J connectivity index is 1.79. The fourth-order valence-corrected chi connectivity index (χ4v) is 2.68. The second-order valence-electron chi connectivity index (χ2n) is 5.67. The van der Waals surface area contributed by atoms with Crippen molar-refractivity contribution in [3.63, 3.8) is 0 Å². The molecule has 140 valence electrons. The van der Waals surface area contributed by atoms with E-state index in [9.17, 15) is 9.18 Å². The first kappa shape index (κ1) is 18.7. The zero-order chi connectivity index (χ0) is 19.4. The molecule has 27 heavy (non-hydrogen) atoms. The van der Waals surface area contributed by atoms with Crippen molar-refractivity contribution in [2.45, 2.75) is 6.54 Å². The topological polar surface area (TPSA) is 65.4 Å². The number of benzene rings is 2. The van der Waals surface area contributed by atoms with Crippen LogP contribution >= 0.6 is 11.6 Å². The Kier molecular flexibility index (Phi) is 5.61. The molecule has 0 aliphatic rings. The minimum atomic E-state index is -0.426. The monoisotopic (exact) mass is 389 g/mol. The largest absolute Gasteiger partial charge is 0.497 e. The predicted octanol–water partition coefficient (Wildman–Crippen LogP) is 3.99. The lowest BCUT2D eigenvalue weighted by Gasteiger charge is -2.08. The number of nitrogens with one attached hydrogen (secondary N) is 1. The summed E-state index contributed by atoms with van der Waals surface area (Å²) in [6, 6.07) is 11.2. The van der Waals surface area contributed by atoms with Gasteiger partial charge in [0, 0.05) is 23.4 Å². The lowest BCUT2D eigenvalue weighted by molar-refractivity contribution is 0.102. The van der Waals surface area contributed by atoms with Crippen LogP contribution in [0.1, 0.15) is 15.9 Å². The van der Waals surface area contributed by atoms with Crippen LogP contribution in [0.3, 0.4) is 0 Å². The van der Waals surface area contributed by atoms with E-state index in [0.717, 1.165) is 0 Å². The molecule has 3 rings (SSSR count). The third-order valence-corrected chi connectivity index (χ3v) is 4.13. The molecule has 8 heteroatoms. The van der Waals surface area contributed by atoms with Gasteiger partial charge in [-0.1, -0.05) is 29.8 Å². The van der Waals surface area contributed by atoms with Crippen LogP contribution in [-0.2, 0) is 6.54 Å². The molecular weight excluding hydrogens is 373 g/mol. The van der Waals surface area contributed by atoms with Gasteiger partial charge in [-0.25, -0.2) is 4.39 Å². The molecular formula is C19H17ClFN3O3. The second-order valence-corrected chi connectivity index (χ2v) is 6.08. The molecule has 0 saturated carbocycles. The van der Waals surface area contributed by atoms with Crippen molar-refractivity contribution in [2.75, 3.05) is 19.5 Å². The Morgan fingerprint density at radius 3 is 2.48 bits per heavy atom. The minimum absolute atomic E-state index is 0.180. The number of carbonyl (C=O) groups excluding carboxylic acids is 1. The highest BCUT2D eigenvalue weighted by atomic mass is 35.5. The molecule has 6 nitrogen and oxygen atoms in total. The van der Waals surface area contributed by atoms with Crippen LogP contribution in [-0.4, -0.2) is 29.9 Å². The molecule has 0 unspecified atom stereocenters. The number of amides is 1. The Morgan fingerprint density at radius 2 is 1.85 bits per heavy atom. The number of carbonyl (C=O) groups is 1. The maximum atomic E-state index is 13.8. The molecule has 1 amide bonds. The molecule has 0 fully saturated rings. The zero-order valence-electron chi connectivity index (χ0n) is 14.7. The molecule has 0 atom stereocenters. The van der Waals surface area contributed by atoms with Crippen LogP contribution in [0.15, 0.2) is 48.7 Å². The van der Waals surface area contributed by atoms with E-state index < -0.39 is 5.91 Å². The first-order chi connectivity index (χ1) is 13.0. The van der Waals surface area contributed by atoms with Gasteiger partial charge < -0.3 is 14.8 Å². The molecule has 1 aromatic heterocycles. The van der Waals surface area contributed by atoms with E-state index in [1.54, 1.807) is 36.4 Å². The summed E-state index contributed by atoms with van der Waals surface area (Å²) in [5.74, 6) is 0.384. The Bertz CT molecular complexity index is 952. The summed E-state index contributed by atoms with van der Waals surface area (Å²) >= 11 is 6.16. The van der Waals surface area contributed by atoms with Crippen LogP contribution in [0.2, 0.25) is 5.02 Å². The number of hydrogen-bond donors (Lipinski definition) is 1. The number of methoxy groups -OCH3 is 2. The lowest BCUT2D eigenvalue weighted by Crippen LogP contribution is -2.13. The van der Waals surface area contributed by atoms with E-state index in [2.05, 4.69) is 10.4 Å². The Morgan fingerprint density at radius 1 is 1.19 bits per heavy atom. The second kappa shape index (κ2) is 8.09. The molecule has 0 saturated heterocycles. The predicted molar refractivity (Wildman–Crippen MR) is 100 cm³/mol. The number of halogens is 2. The molecule has 2 aromatic carbocycles. The van der Waals surface area contributed by atoms with Gasteiger partial charge >= 0.3 is 0 Å². The van der Waals surface area contributed by atoms with E-state index in [1.165, 1.54) is 31.2 Å². The summed E-state index contributed by atoms with van der Waals surface area (Å²) in [7, 11) is 3.00. The summed E-state index contributed by atoms with van der Waals surface area (Å²) in [6.45, 7) is 0.190. The average Bonchev–Trinajstić information content (AvgIpc) is 3.02. The van der Waals surface area contributed by atoms with Crippen LogP contribution in [0, 0.1) is 5.82 Å². The molecule has 0 bridgehead atoms. The van der Waals surface area contributed by atoms with E-state index in [-0.39, 0.29) is 23.2 Å². The van der Waals surface area contributed by atoms with Gasteiger partial charge in [-0.3, -0.25) is 9.48 Å². The molecule has 0 aliphatic carbocycles. The number of rotatable bonds is 6. The van der Waals surface area contributed by atoms with Crippen LogP contribution in [0.5, 0.6) is 11.5 Å². The number of anilines is 1. The van der Waals surface area contributed by atoms with Crippen molar-refractivity contribution in [3.8, 4) is 11.5 Å². The Hall–Kier alpha value is -3.06. The van der Waals surface area contributed by atoms with Crippen molar-refractivity contribution in [2.24, 2.45) is 0 Å². The van der Waals surface area contributed by atoms with Crippen molar-refractivity contribution < 1.29 is 18.7 Å². The fourth-order valence-electron chi connectivity index (χ4n) is 2.48. The van der Waals surface area contributed by atoms with Crippen molar-refractivity contribution in [1.82, 2.24) is 9.78 Å². The van der Waals surface area contributed by atoms with Gasteiger partial charge in [0.1, 0.15) is 22.3 Å². The van der Waals surface area contributed by atoms with Gasteiger partial charge in [0.15, 0.2) is 5.82 Å². The first-order valence-corrected chi connectivity index (χ1v) is 8.38. The third-order valence-electron chi connectivity index (χ3n) is 3.85. The van der Waals surface area contributed by atoms with Gasteiger partial charge in [0.2, 0.25) is 0 Å². The molecule has 0 radical (unpaired) electrons. The number of hydrogen-bond acceptors (Lipinski definition) is 4. The number of ether oxygens (including phenoxy) is 2. The lowest BCUT2D eigenvalue weighted by atomic mass is 10.2. The van der Waals surface area contributed by atoms with Crippen molar-refractivity contribution in [3.05, 3.63) is 70.6 Å². The molecule has 1 N–H and O–H groups in total. The summed E-state index contributed by atoms with van der Waals surface area (Å²) in [6.07, 6.45) is 1.52. The molecule has 0 spiro atoms. The molecule has 3 aromatic rings. The third kappa shape index (κ3) is 4.38. The highest BCUT2D eigenvalue weighted by molar-refractivity contribution is 6.33. The van der Waals surface area contributed by atoms with Gasteiger partial charge in [0.25, 0.3) is 5.91 Å². The van der Waals surface area contributed by atoms with Crippen LogP contribution < -0.4 is 14.8 Å². The maximum Gasteiger partial charge on any atom is 0.257 e. The van der Waals surface area contributed by atoms with Crippen LogP contribution in [0.25, 0.3) is 0 Å². The number of nitrogens with zero attached hydrogens (tertiary/aromatic N) is 2. The van der Waals surface area contributed by atoms with E-state index >= 15 is 0 Å². The van der Waals surface area contributed by atoms with Crippen molar-refractivity contribution in [1.29, 1.82) is 0 Å². The fraction of sp³-hybridized carbons (Fsp3) is 0.158. The van der Waals surface area contributed by atoms with E-state index in [4.69, 9.17) is 21.1 Å². The highest BCUT2D eigenvalue weighted by Crippen LogP contribution is 2.25. The van der Waals surface area contributed by atoms with Crippen LogP contribution in [0.4, 0.5) is 10.2 Å². The number of aromatic nitrogens is 2. The summed E-state index contributed by atoms with van der Waals surface area (Å²) < 4.78 is 25.6. The molecule has 1 heterocycles. The summed E-state index contributed by atoms with van der Waals surface area (Å²) in [4.78, 5) is 12.5. The van der Waals surface area contributed by atoms with E-state index in [1.807, 2.05) is 0 Å². The highest BCUT2D eigenvalue weighted by Gasteiger charge is 2.15.